The van der Waals surface area contributed by atoms with Crippen LogP contribution in [0, 0.1) is 0 Å². The van der Waals surface area contributed by atoms with Gasteiger partial charge in [0, 0.05) is 29.8 Å². The quantitative estimate of drug-likeness (QED) is 0.438. The van der Waals surface area contributed by atoms with Gasteiger partial charge in [-0.05, 0) is 44.9 Å². The topological polar surface area (TPSA) is 140 Å². The third-order valence-corrected chi connectivity index (χ3v) is 7.28. The van der Waals surface area contributed by atoms with Gasteiger partial charge in [-0.2, -0.15) is 20.2 Å². The number of rotatable bonds is 6. The molecule has 1 amide bonds. The van der Waals surface area contributed by atoms with Gasteiger partial charge in [-0.1, -0.05) is 19.3 Å². The fourth-order valence-electron chi connectivity index (χ4n) is 5.54. The largest absolute Gasteiger partial charge is 0.329 e. The van der Waals surface area contributed by atoms with Gasteiger partial charge in [0.05, 0.1) is 5.69 Å². The Bertz CT molecular complexity index is 1150. The molecule has 0 radical (unpaired) electrons. The van der Waals surface area contributed by atoms with Crippen LogP contribution in [0.25, 0.3) is 0 Å². The maximum absolute atomic E-state index is 12.9. The lowest BCUT2D eigenvalue weighted by molar-refractivity contribution is -0.117. The van der Waals surface area contributed by atoms with Gasteiger partial charge in [-0.3, -0.25) is 15.2 Å². The van der Waals surface area contributed by atoms with E-state index >= 15 is 0 Å². The van der Waals surface area contributed by atoms with Crippen LogP contribution in [0.2, 0.25) is 0 Å². The second kappa shape index (κ2) is 9.03. The Morgan fingerprint density at radius 1 is 1.03 bits per heavy atom. The first-order valence-corrected chi connectivity index (χ1v) is 12.4. The van der Waals surface area contributed by atoms with E-state index in [1.54, 1.807) is 0 Å². The van der Waals surface area contributed by atoms with Gasteiger partial charge in [0.2, 0.25) is 17.8 Å². The van der Waals surface area contributed by atoms with Crippen molar-refractivity contribution in [1.29, 1.82) is 0 Å². The van der Waals surface area contributed by atoms with E-state index in [1.165, 1.54) is 44.1 Å². The number of carbonyl (C=O) groups is 1. The summed E-state index contributed by atoms with van der Waals surface area (Å²) in [6.45, 7) is 0.737. The number of aryl methyl sites for hydroxylation is 1. The SMILES string of the molecule is O=C(Nc1ncn[nH]1)C1CCCN1c1nc2c(c(Nc3cc(C4CCCCC4)[nH]n3)n1)CCC2. The lowest BCUT2D eigenvalue weighted by Crippen LogP contribution is -2.41. The molecule has 11 nitrogen and oxygen atoms in total. The number of hydrogen-bond acceptors (Lipinski definition) is 8. The van der Waals surface area contributed by atoms with Crippen LogP contribution in [-0.2, 0) is 17.6 Å². The van der Waals surface area contributed by atoms with Crippen molar-refractivity contribution in [2.24, 2.45) is 0 Å². The average Bonchev–Trinajstić information content (AvgIpc) is 3.67. The van der Waals surface area contributed by atoms with Crippen molar-refractivity contribution in [1.82, 2.24) is 35.3 Å². The summed E-state index contributed by atoms with van der Waals surface area (Å²) in [5.74, 6) is 2.98. The maximum atomic E-state index is 12.9. The summed E-state index contributed by atoms with van der Waals surface area (Å²) in [6, 6.07) is 1.78. The number of aromatic amines is 2. The van der Waals surface area contributed by atoms with Crippen LogP contribution in [-0.4, -0.2) is 53.8 Å². The van der Waals surface area contributed by atoms with E-state index in [2.05, 4.69) is 42.1 Å². The van der Waals surface area contributed by atoms with Crippen LogP contribution in [0.5, 0.6) is 0 Å². The van der Waals surface area contributed by atoms with Gasteiger partial charge in [0.1, 0.15) is 18.2 Å². The molecule has 3 aromatic heterocycles. The van der Waals surface area contributed by atoms with E-state index in [4.69, 9.17) is 9.97 Å². The summed E-state index contributed by atoms with van der Waals surface area (Å²) < 4.78 is 0. The second-order valence-corrected chi connectivity index (χ2v) is 9.49. The number of fused-ring (bicyclic) bond motifs is 1. The molecule has 1 aliphatic heterocycles. The summed E-state index contributed by atoms with van der Waals surface area (Å²) in [4.78, 5) is 28.7. The van der Waals surface area contributed by atoms with Crippen molar-refractivity contribution in [3.05, 3.63) is 29.3 Å². The molecule has 6 rings (SSSR count). The zero-order chi connectivity index (χ0) is 22.9. The number of aromatic nitrogens is 7. The number of H-pyrrole nitrogens is 2. The van der Waals surface area contributed by atoms with Crippen molar-refractivity contribution in [3.63, 3.8) is 0 Å². The molecule has 1 saturated heterocycles. The molecule has 0 aromatic carbocycles. The zero-order valence-electron chi connectivity index (χ0n) is 19.2. The molecule has 3 aliphatic rings. The van der Waals surface area contributed by atoms with Crippen LogP contribution in [0.3, 0.4) is 0 Å². The molecule has 11 heteroatoms. The second-order valence-electron chi connectivity index (χ2n) is 9.49. The minimum Gasteiger partial charge on any atom is -0.329 e. The van der Waals surface area contributed by atoms with Crippen molar-refractivity contribution < 1.29 is 4.79 Å². The van der Waals surface area contributed by atoms with Crippen molar-refractivity contribution in [2.75, 3.05) is 22.1 Å². The number of nitrogens with zero attached hydrogens (tertiary/aromatic N) is 6. The lowest BCUT2D eigenvalue weighted by Gasteiger charge is -2.24. The van der Waals surface area contributed by atoms with Gasteiger partial charge in [-0.25, -0.2) is 10.1 Å². The van der Waals surface area contributed by atoms with E-state index < -0.39 is 0 Å². The molecule has 4 heterocycles. The smallest absolute Gasteiger partial charge is 0.249 e. The summed E-state index contributed by atoms with van der Waals surface area (Å²) in [6.07, 6.45) is 12.3. The van der Waals surface area contributed by atoms with Crippen LogP contribution < -0.4 is 15.5 Å². The molecule has 2 aliphatic carbocycles. The maximum Gasteiger partial charge on any atom is 0.249 e. The van der Waals surface area contributed by atoms with E-state index in [-0.39, 0.29) is 11.9 Å². The van der Waals surface area contributed by atoms with E-state index in [0.717, 1.165) is 61.5 Å². The normalized spacial score (nSPS) is 20.5. The highest BCUT2D eigenvalue weighted by atomic mass is 16.2. The summed E-state index contributed by atoms with van der Waals surface area (Å²) in [7, 11) is 0. The van der Waals surface area contributed by atoms with Crippen LogP contribution in [0.15, 0.2) is 12.4 Å². The Hall–Kier alpha value is -3.50. The lowest BCUT2D eigenvalue weighted by atomic mass is 9.87. The Morgan fingerprint density at radius 2 is 1.94 bits per heavy atom. The van der Waals surface area contributed by atoms with Gasteiger partial charge in [0.15, 0.2) is 5.82 Å². The standard InChI is InChI=1S/C23H30N10O/c34-21(29-22-24-13-25-32-22)18-10-5-11-33(18)23-26-16-9-4-8-15(16)20(28-23)27-19-12-17(30-31-19)14-6-2-1-3-7-14/h12-14,18H,1-11H2,(H2,24,25,29,32,34)(H2,26,27,28,30,31). The predicted molar refractivity (Wildman–Crippen MR) is 127 cm³/mol. The third kappa shape index (κ3) is 4.10. The molecule has 1 unspecified atom stereocenters. The Kier molecular flexibility index (Phi) is 5.60. The number of nitrogens with one attached hydrogen (secondary N) is 4. The fourth-order valence-corrected chi connectivity index (χ4v) is 5.54. The van der Waals surface area contributed by atoms with Crippen LogP contribution in [0.4, 0.5) is 23.5 Å². The first kappa shape index (κ1) is 21.1. The molecule has 178 valence electrons. The van der Waals surface area contributed by atoms with Crippen LogP contribution in [0.1, 0.15) is 74.2 Å². The number of carbonyl (C=O) groups excluding carboxylic acids is 1. The molecule has 0 spiro atoms. The minimum atomic E-state index is -0.347. The monoisotopic (exact) mass is 462 g/mol. The minimum absolute atomic E-state index is 0.128. The van der Waals surface area contributed by atoms with Gasteiger partial charge < -0.3 is 10.2 Å². The molecule has 3 aromatic rings. The fraction of sp³-hybridized carbons (Fsp3) is 0.565. The van der Waals surface area contributed by atoms with Crippen LogP contribution >= 0.6 is 0 Å². The predicted octanol–water partition coefficient (Wildman–Crippen LogP) is 3.21. The Balaban J connectivity index is 1.24. The van der Waals surface area contributed by atoms with Crippen molar-refractivity contribution in [3.8, 4) is 0 Å². The van der Waals surface area contributed by atoms with Crippen molar-refractivity contribution in [2.45, 2.75) is 76.2 Å². The molecule has 4 N–H and O–H groups in total. The van der Waals surface area contributed by atoms with Crippen molar-refractivity contribution >= 4 is 29.4 Å². The van der Waals surface area contributed by atoms with Gasteiger partial charge in [0.25, 0.3) is 0 Å². The molecular weight excluding hydrogens is 432 g/mol. The van der Waals surface area contributed by atoms with E-state index in [1.807, 2.05) is 4.90 Å². The summed E-state index contributed by atoms with van der Waals surface area (Å²) >= 11 is 0. The van der Waals surface area contributed by atoms with Gasteiger partial charge in [-0.15, -0.1) is 0 Å². The Labute approximate surface area is 197 Å². The number of hydrogen-bond donors (Lipinski definition) is 4. The average molecular weight is 463 g/mol. The Morgan fingerprint density at radius 3 is 2.79 bits per heavy atom. The molecule has 1 atom stereocenters. The van der Waals surface area contributed by atoms with E-state index in [9.17, 15) is 4.79 Å². The molecular formula is C23H30N10O. The molecule has 34 heavy (non-hydrogen) atoms. The molecule has 1 saturated carbocycles. The highest BCUT2D eigenvalue weighted by Crippen LogP contribution is 2.35. The summed E-state index contributed by atoms with van der Waals surface area (Å²) in [5, 5.41) is 20.5. The highest BCUT2D eigenvalue weighted by Gasteiger charge is 2.34. The first-order chi connectivity index (χ1) is 16.7. The van der Waals surface area contributed by atoms with Gasteiger partial charge >= 0.3 is 0 Å². The highest BCUT2D eigenvalue weighted by molar-refractivity contribution is 5.95. The number of amides is 1. The third-order valence-electron chi connectivity index (χ3n) is 7.28. The molecule has 0 bridgehead atoms. The first-order valence-electron chi connectivity index (χ1n) is 12.4. The number of anilines is 4. The molecule has 2 fully saturated rings. The summed E-state index contributed by atoms with van der Waals surface area (Å²) in [5.41, 5.74) is 3.43. The van der Waals surface area contributed by atoms with E-state index in [0.29, 0.717) is 17.8 Å². The zero-order valence-corrected chi connectivity index (χ0v) is 19.2.